The van der Waals surface area contributed by atoms with Gasteiger partial charge in [0.25, 0.3) is 5.91 Å². The number of benzene rings is 1. The summed E-state index contributed by atoms with van der Waals surface area (Å²) in [6, 6.07) is 7.10. The Labute approximate surface area is 132 Å². The van der Waals surface area contributed by atoms with Crippen LogP contribution in [0.1, 0.15) is 31.3 Å². The lowest BCUT2D eigenvalue weighted by Gasteiger charge is -1.98. The predicted molar refractivity (Wildman–Crippen MR) is 82.3 cm³/mol. The summed E-state index contributed by atoms with van der Waals surface area (Å²) < 4.78 is 0.623. The minimum Gasteiger partial charge on any atom is -0.478 e. The summed E-state index contributed by atoms with van der Waals surface area (Å²) in [5.74, 6) is -2.74. The Hall–Kier alpha value is -3.20. The van der Waals surface area contributed by atoms with Crippen LogP contribution in [0.15, 0.2) is 30.3 Å². The normalized spacial score (nSPS) is 10.6. The number of amides is 1. The van der Waals surface area contributed by atoms with E-state index in [0.717, 1.165) is 11.3 Å². The van der Waals surface area contributed by atoms with Gasteiger partial charge in [-0.1, -0.05) is 11.3 Å². The molecule has 116 valence electrons. The zero-order valence-corrected chi connectivity index (χ0v) is 12.2. The standard InChI is InChI=1S/C14H9N3O5S/c18-11(8-3-4-9(15-8)13(21)22)17-14-16-7-2-1-6(12(19)20)5-10(7)23-14/h1-5,15H,(H,19,20)(H,21,22)(H,16,17,18). The Morgan fingerprint density at radius 1 is 1.04 bits per heavy atom. The van der Waals surface area contributed by atoms with E-state index in [1.165, 1.54) is 24.3 Å². The molecule has 0 aliphatic heterocycles. The van der Waals surface area contributed by atoms with E-state index in [-0.39, 0.29) is 17.0 Å². The van der Waals surface area contributed by atoms with Crippen LogP contribution in [0.3, 0.4) is 0 Å². The van der Waals surface area contributed by atoms with Gasteiger partial charge < -0.3 is 15.2 Å². The molecule has 8 nitrogen and oxygen atoms in total. The molecular formula is C14H9N3O5S. The number of aromatic carboxylic acids is 2. The number of nitrogens with zero attached hydrogens (tertiary/aromatic N) is 1. The maximum absolute atomic E-state index is 12.0. The van der Waals surface area contributed by atoms with Crippen LogP contribution in [0.5, 0.6) is 0 Å². The summed E-state index contributed by atoms with van der Waals surface area (Å²) in [7, 11) is 0. The van der Waals surface area contributed by atoms with Gasteiger partial charge in [0.1, 0.15) is 11.4 Å². The molecule has 1 aromatic carbocycles. The molecule has 0 atom stereocenters. The topological polar surface area (TPSA) is 132 Å². The number of fused-ring (bicyclic) bond motifs is 1. The van der Waals surface area contributed by atoms with E-state index in [0.29, 0.717) is 15.3 Å². The number of rotatable bonds is 4. The number of H-pyrrole nitrogens is 1. The number of aromatic amines is 1. The molecule has 4 N–H and O–H groups in total. The minimum absolute atomic E-state index is 0.0906. The summed E-state index contributed by atoms with van der Waals surface area (Å²) in [5.41, 5.74) is 0.695. The third-order valence-electron chi connectivity index (χ3n) is 3.02. The summed E-state index contributed by atoms with van der Waals surface area (Å²) in [6.07, 6.45) is 0. The van der Waals surface area contributed by atoms with Gasteiger partial charge in [0.05, 0.1) is 15.8 Å². The highest BCUT2D eigenvalue weighted by atomic mass is 32.1. The molecule has 23 heavy (non-hydrogen) atoms. The molecule has 1 amide bonds. The minimum atomic E-state index is -1.16. The first-order valence-electron chi connectivity index (χ1n) is 6.31. The van der Waals surface area contributed by atoms with Gasteiger partial charge in [0, 0.05) is 0 Å². The van der Waals surface area contributed by atoms with Crippen LogP contribution in [-0.2, 0) is 0 Å². The van der Waals surface area contributed by atoms with Gasteiger partial charge in [-0.3, -0.25) is 10.1 Å². The molecule has 0 unspecified atom stereocenters. The van der Waals surface area contributed by atoms with Gasteiger partial charge in [-0.05, 0) is 30.3 Å². The van der Waals surface area contributed by atoms with E-state index in [1.807, 2.05) is 0 Å². The molecule has 2 aromatic heterocycles. The van der Waals surface area contributed by atoms with E-state index >= 15 is 0 Å². The van der Waals surface area contributed by atoms with E-state index in [4.69, 9.17) is 10.2 Å². The Morgan fingerprint density at radius 3 is 2.43 bits per heavy atom. The zero-order valence-electron chi connectivity index (χ0n) is 11.4. The van der Waals surface area contributed by atoms with Crippen molar-refractivity contribution in [3.8, 4) is 0 Å². The number of hydrogen-bond donors (Lipinski definition) is 4. The predicted octanol–water partition coefficient (Wildman–Crippen LogP) is 2.27. The molecule has 0 aliphatic rings. The van der Waals surface area contributed by atoms with Crippen molar-refractivity contribution in [2.24, 2.45) is 0 Å². The summed E-state index contributed by atoms with van der Waals surface area (Å²) >= 11 is 1.13. The Bertz CT molecular complexity index is 943. The molecule has 0 spiro atoms. The third-order valence-corrected chi connectivity index (χ3v) is 3.95. The number of carboxylic acids is 2. The quantitative estimate of drug-likeness (QED) is 0.580. The molecule has 3 aromatic rings. The van der Waals surface area contributed by atoms with E-state index < -0.39 is 17.8 Å². The average Bonchev–Trinajstić information content (AvgIpc) is 3.12. The molecule has 0 fully saturated rings. The first-order chi connectivity index (χ1) is 10.9. The summed E-state index contributed by atoms with van der Waals surface area (Å²) in [4.78, 5) is 40.4. The monoisotopic (exact) mass is 331 g/mol. The first-order valence-corrected chi connectivity index (χ1v) is 7.13. The second-order valence-electron chi connectivity index (χ2n) is 4.55. The molecule has 0 saturated heterocycles. The molecule has 0 bridgehead atoms. The van der Waals surface area contributed by atoms with Gasteiger partial charge in [-0.25, -0.2) is 14.6 Å². The third kappa shape index (κ3) is 2.90. The molecular weight excluding hydrogens is 322 g/mol. The number of carbonyl (C=O) groups is 3. The SMILES string of the molecule is O=C(O)c1ccc2nc(NC(=O)c3ccc(C(=O)O)[nH]3)sc2c1. The van der Waals surface area contributed by atoms with Crippen molar-refractivity contribution >= 4 is 44.5 Å². The number of thiazole rings is 1. The number of nitrogens with one attached hydrogen (secondary N) is 2. The molecule has 0 aliphatic carbocycles. The number of carboxylic acid groups (broad SMARTS) is 2. The second-order valence-corrected chi connectivity index (χ2v) is 5.58. The van der Waals surface area contributed by atoms with Crippen molar-refractivity contribution < 1.29 is 24.6 Å². The maximum atomic E-state index is 12.0. The van der Waals surface area contributed by atoms with Crippen molar-refractivity contribution in [2.45, 2.75) is 0 Å². The fourth-order valence-corrected chi connectivity index (χ4v) is 2.83. The van der Waals surface area contributed by atoms with Crippen LogP contribution >= 0.6 is 11.3 Å². The van der Waals surface area contributed by atoms with Crippen molar-refractivity contribution in [2.75, 3.05) is 5.32 Å². The van der Waals surface area contributed by atoms with Crippen LogP contribution in [0.2, 0.25) is 0 Å². The molecule has 3 rings (SSSR count). The lowest BCUT2D eigenvalue weighted by molar-refractivity contribution is 0.0683. The van der Waals surface area contributed by atoms with E-state index in [2.05, 4.69) is 15.3 Å². The van der Waals surface area contributed by atoms with E-state index in [9.17, 15) is 14.4 Å². The lowest BCUT2D eigenvalue weighted by atomic mass is 10.2. The average molecular weight is 331 g/mol. The van der Waals surface area contributed by atoms with Crippen molar-refractivity contribution in [1.29, 1.82) is 0 Å². The van der Waals surface area contributed by atoms with Crippen molar-refractivity contribution in [3.63, 3.8) is 0 Å². The molecule has 0 saturated carbocycles. The van der Waals surface area contributed by atoms with Gasteiger partial charge in [-0.2, -0.15) is 0 Å². The smallest absolute Gasteiger partial charge is 0.352 e. The Morgan fingerprint density at radius 2 is 1.78 bits per heavy atom. The van der Waals surface area contributed by atoms with E-state index in [1.54, 1.807) is 6.07 Å². The summed E-state index contributed by atoms with van der Waals surface area (Å²) in [6.45, 7) is 0. The highest BCUT2D eigenvalue weighted by Gasteiger charge is 2.14. The van der Waals surface area contributed by atoms with Crippen LogP contribution in [-0.4, -0.2) is 38.0 Å². The van der Waals surface area contributed by atoms with Gasteiger partial charge in [0.2, 0.25) is 0 Å². The highest BCUT2D eigenvalue weighted by molar-refractivity contribution is 7.22. The highest BCUT2D eigenvalue weighted by Crippen LogP contribution is 2.27. The number of hydrogen-bond acceptors (Lipinski definition) is 5. The first kappa shape index (κ1) is 14.7. The fraction of sp³-hybridized carbons (Fsp3) is 0. The molecule has 0 radical (unpaired) electrons. The Kier molecular flexibility index (Phi) is 3.54. The maximum Gasteiger partial charge on any atom is 0.352 e. The second kappa shape index (κ2) is 5.54. The van der Waals surface area contributed by atoms with Crippen LogP contribution in [0.4, 0.5) is 5.13 Å². The van der Waals surface area contributed by atoms with Gasteiger partial charge in [-0.15, -0.1) is 0 Å². The molecule has 2 heterocycles. The van der Waals surface area contributed by atoms with Gasteiger partial charge >= 0.3 is 11.9 Å². The van der Waals surface area contributed by atoms with Crippen LogP contribution in [0.25, 0.3) is 10.2 Å². The van der Waals surface area contributed by atoms with Crippen LogP contribution < -0.4 is 5.32 Å². The zero-order chi connectivity index (χ0) is 16.6. The Balaban J connectivity index is 1.84. The van der Waals surface area contributed by atoms with Crippen molar-refractivity contribution in [1.82, 2.24) is 9.97 Å². The van der Waals surface area contributed by atoms with Gasteiger partial charge in [0.15, 0.2) is 5.13 Å². The summed E-state index contributed by atoms with van der Waals surface area (Å²) in [5, 5.41) is 20.6. The van der Waals surface area contributed by atoms with Crippen LogP contribution in [0, 0.1) is 0 Å². The van der Waals surface area contributed by atoms with Crippen molar-refractivity contribution in [3.05, 3.63) is 47.3 Å². The number of anilines is 1. The lowest BCUT2D eigenvalue weighted by Crippen LogP contribution is -2.12. The fourth-order valence-electron chi connectivity index (χ4n) is 1.93. The number of carbonyl (C=O) groups excluding carboxylic acids is 1. The molecule has 9 heteroatoms. The largest absolute Gasteiger partial charge is 0.478 e. The number of aromatic nitrogens is 2.